The summed E-state index contributed by atoms with van der Waals surface area (Å²) in [4.78, 5) is 18.2. The second kappa shape index (κ2) is 12.2. The zero-order valence-electron chi connectivity index (χ0n) is 22.8. The minimum atomic E-state index is -0.533. The summed E-state index contributed by atoms with van der Waals surface area (Å²) < 4.78 is 34.3. The Morgan fingerprint density at radius 1 is 1.12 bits per heavy atom. The van der Waals surface area contributed by atoms with Crippen LogP contribution in [0.4, 0.5) is 0 Å². The lowest BCUT2D eigenvalue weighted by Crippen LogP contribution is -2.33. The number of benzene rings is 2. The van der Waals surface area contributed by atoms with Crippen molar-refractivity contribution in [3.8, 4) is 23.0 Å². The normalized spacial score (nSPS) is 22.1. The molecule has 11 nitrogen and oxygen atoms in total. The molecule has 214 valence electrons. The van der Waals surface area contributed by atoms with Gasteiger partial charge in [-0.05, 0) is 36.8 Å². The van der Waals surface area contributed by atoms with Gasteiger partial charge in [-0.25, -0.2) is 0 Å². The van der Waals surface area contributed by atoms with Gasteiger partial charge in [-0.1, -0.05) is 11.7 Å². The third-order valence-corrected chi connectivity index (χ3v) is 7.03. The van der Waals surface area contributed by atoms with E-state index in [0.717, 1.165) is 28.0 Å². The fourth-order valence-corrected chi connectivity index (χ4v) is 5.12. The Morgan fingerprint density at radius 3 is 2.67 bits per heavy atom. The molecule has 2 N–H and O–H groups in total. The minimum Gasteiger partial charge on any atom is -0.493 e. The van der Waals surface area contributed by atoms with Gasteiger partial charge in [0.25, 0.3) is 0 Å². The molecule has 0 radical (unpaired) electrons. The van der Waals surface area contributed by atoms with E-state index in [1.54, 1.807) is 14.2 Å². The number of aliphatic hydroxyl groups is 1. The molecule has 3 heterocycles. The molecule has 0 saturated heterocycles. The van der Waals surface area contributed by atoms with Crippen molar-refractivity contribution in [3.05, 3.63) is 59.2 Å². The van der Waals surface area contributed by atoms with E-state index in [-0.39, 0.29) is 37.7 Å². The highest BCUT2D eigenvalue weighted by molar-refractivity contribution is 6.07. The number of fused-ring (bicyclic) bond motifs is 4. The zero-order chi connectivity index (χ0) is 28.2. The predicted molar refractivity (Wildman–Crippen MR) is 144 cm³/mol. The lowest BCUT2D eigenvalue weighted by molar-refractivity contribution is -0.129. The smallest absolute Gasteiger partial charge is 0.246 e. The Bertz CT molecular complexity index is 1290. The molecule has 3 unspecified atom stereocenters. The molecule has 2 aromatic rings. The number of carbonyl (C=O) groups is 1. The number of oxime groups is 1. The van der Waals surface area contributed by atoms with Crippen LogP contribution in [0.1, 0.15) is 35.6 Å². The van der Waals surface area contributed by atoms with Gasteiger partial charge in [0.15, 0.2) is 17.6 Å². The summed E-state index contributed by atoms with van der Waals surface area (Å²) in [6.45, 7) is 6.89. The molecule has 40 heavy (non-hydrogen) atoms. The maximum Gasteiger partial charge on any atom is 0.246 e. The van der Waals surface area contributed by atoms with E-state index in [2.05, 4.69) is 17.1 Å². The quantitative estimate of drug-likeness (QED) is 0.301. The van der Waals surface area contributed by atoms with Crippen molar-refractivity contribution in [1.82, 2.24) is 5.32 Å². The summed E-state index contributed by atoms with van der Waals surface area (Å²) in [5, 5.41) is 16.0. The molecule has 0 saturated carbocycles. The van der Waals surface area contributed by atoms with Crippen LogP contribution in [0, 0.1) is 0 Å². The van der Waals surface area contributed by atoms with Gasteiger partial charge >= 0.3 is 0 Å². The average Bonchev–Trinajstić information content (AvgIpc) is 3.56. The summed E-state index contributed by atoms with van der Waals surface area (Å²) in [5.74, 6) is 2.07. The number of nitrogens with one attached hydrogen (secondary N) is 1. The topological polar surface area (TPSA) is 126 Å². The molecule has 2 aromatic carbocycles. The van der Waals surface area contributed by atoms with E-state index in [4.69, 9.17) is 38.4 Å². The van der Waals surface area contributed by atoms with Crippen molar-refractivity contribution in [3.63, 3.8) is 0 Å². The van der Waals surface area contributed by atoms with Crippen LogP contribution in [0.3, 0.4) is 0 Å². The lowest BCUT2D eigenvalue weighted by Gasteiger charge is -2.28. The highest BCUT2D eigenvalue weighted by Crippen LogP contribution is 2.47. The Balaban J connectivity index is 1.37. The largest absolute Gasteiger partial charge is 0.493 e. The van der Waals surface area contributed by atoms with Crippen LogP contribution < -0.4 is 24.3 Å². The van der Waals surface area contributed by atoms with Crippen molar-refractivity contribution in [2.24, 2.45) is 5.16 Å². The first kappa shape index (κ1) is 27.8. The highest BCUT2D eigenvalue weighted by Gasteiger charge is 2.43. The monoisotopic (exact) mass is 554 g/mol. The summed E-state index contributed by atoms with van der Waals surface area (Å²) in [6.07, 6.45) is -1.26. The molecule has 1 amide bonds. The number of nitrogens with zero attached hydrogens (tertiary/aromatic N) is 1. The van der Waals surface area contributed by atoms with Crippen molar-refractivity contribution in [2.45, 2.75) is 31.2 Å². The van der Waals surface area contributed by atoms with Gasteiger partial charge in [0, 0.05) is 29.3 Å². The van der Waals surface area contributed by atoms with Crippen LogP contribution in [-0.2, 0) is 19.1 Å². The van der Waals surface area contributed by atoms with Gasteiger partial charge < -0.3 is 43.7 Å². The van der Waals surface area contributed by atoms with Crippen molar-refractivity contribution in [1.29, 1.82) is 0 Å². The van der Waals surface area contributed by atoms with Crippen molar-refractivity contribution >= 4 is 11.6 Å². The lowest BCUT2D eigenvalue weighted by atomic mass is 9.83. The summed E-state index contributed by atoms with van der Waals surface area (Å²) >= 11 is 0. The standard InChI is InChI=1S/C29H34N2O9/c1-16(2)28-29(38-15-25(33)30-7-9-36-10-8-32)19-11-17(5-6-20(19)39-28)27-26-18-12-22(34-3)23(35-4)13-21(18)37-14-24(26)40-31-27/h5-6,11-13,24,26,28-29,32H,1,7-10,14-15H2,2-4H3,(H,30,33)/t24?,26?,28-,29?/m0/s1. The van der Waals surface area contributed by atoms with E-state index < -0.39 is 12.2 Å². The maximum absolute atomic E-state index is 12.4. The van der Waals surface area contributed by atoms with Crippen LogP contribution in [0.25, 0.3) is 0 Å². The van der Waals surface area contributed by atoms with Crippen molar-refractivity contribution < 1.29 is 43.2 Å². The SMILES string of the molecule is C=C(C)[C@@H]1Oc2ccc(C3=NOC4COc5cc(OC)c(OC)cc5C34)cc2C1OCC(=O)NCCOCCO. The molecule has 0 spiro atoms. The van der Waals surface area contributed by atoms with Gasteiger partial charge in [0.2, 0.25) is 5.91 Å². The molecule has 0 bridgehead atoms. The molecule has 4 atom stereocenters. The average molecular weight is 555 g/mol. The molecule has 0 aliphatic carbocycles. The number of ether oxygens (including phenoxy) is 6. The van der Waals surface area contributed by atoms with E-state index in [1.807, 2.05) is 37.3 Å². The number of amides is 1. The number of hydrogen-bond donors (Lipinski definition) is 2. The number of hydrogen-bond acceptors (Lipinski definition) is 10. The van der Waals surface area contributed by atoms with Crippen LogP contribution in [-0.4, -0.2) is 82.7 Å². The first-order valence-corrected chi connectivity index (χ1v) is 13.1. The number of aliphatic hydroxyl groups excluding tert-OH is 1. The third kappa shape index (κ3) is 5.45. The predicted octanol–water partition coefficient (Wildman–Crippen LogP) is 2.50. The molecule has 0 aromatic heterocycles. The Kier molecular flexibility index (Phi) is 8.43. The second-order valence-corrected chi connectivity index (χ2v) is 9.71. The first-order valence-electron chi connectivity index (χ1n) is 13.1. The number of rotatable bonds is 12. The molecule has 0 fully saturated rings. The number of carbonyl (C=O) groups excluding carboxylic acids is 1. The Labute approximate surface area is 232 Å². The highest BCUT2D eigenvalue weighted by atomic mass is 16.7. The molecular formula is C29H34N2O9. The molecule has 11 heteroatoms. The first-order chi connectivity index (χ1) is 19.4. The Hall–Kier alpha value is -3.80. The third-order valence-electron chi connectivity index (χ3n) is 7.03. The fourth-order valence-electron chi connectivity index (χ4n) is 5.12. The van der Waals surface area contributed by atoms with Gasteiger partial charge in [0.05, 0.1) is 45.7 Å². The molecule has 3 aliphatic heterocycles. The minimum absolute atomic E-state index is 0.0639. The van der Waals surface area contributed by atoms with E-state index >= 15 is 0 Å². The zero-order valence-corrected chi connectivity index (χ0v) is 22.8. The van der Waals surface area contributed by atoms with Crippen LogP contribution in [0.5, 0.6) is 23.0 Å². The van der Waals surface area contributed by atoms with E-state index in [1.165, 1.54) is 0 Å². The van der Waals surface area contributed by atoms with Crippen molar-refractivity contribution in [2.75, 3.05) is 53.8 Å². The van der Waals surface area contributed by atoms with Crippen LogP contribution >= 0.6 is 0 Å². The molecule has 3 aliphatic rings. The molecular weight excluding hydrogens is 520 g/mol. The van der Waals surface area contributed by atoms with Gasteiger partial charge in [-0.15, -0.1) is 0 Å². The van der Waals surface area contributed by atoms with Crippen LogP contribution in [0.2, 0.25) is 0 Å². The summed E-state index contributed by atoms with van der Waals surface area (Å²) in [6, 6.07) is 9.53. The Morgan fingerprint density at radius 2 is 1.93 bits per heavy atom. The number of methoxy groups -OCH3 is 2. The maximum atomic E-state index is 12.4. The second-order valence-electron chi connectivity index (χ2n) is 9.71. The van der Waals surface area contributed by atoms with E-state index in [0.29, 0.717) is 42.8 Å². The summed E-state index contributed by atoms with van der Waals surface area (Å²) in [7, 11) is 3.18. The van der Waals surface area contributed by atoms with Gasteiger partial charge in [-0.3, -0.25) is 4.79 Å². The van der Waals surface area contributed by atoms with E-state index in [9.17, 15) is 4.79 Å². The fraction of sp³-hybridized carbons (Fsp3) is 0.448. The van der Waals surface area contributed by atoms with Gasteiger partial charge in [-0.2, -0.15) is 0 Å². The molecule has 5 rings (SSSR count). The van der Waals surface area contributed by atoms with Gasteiger partial charge in [0.1, 0.15) is 36.9 Å². The van der Waals surface area contributed by atoms with Crippen LogP contribution in [0.15, 0.2) is 47.6 Å². The summed E-state index contributed by atoms with van der Waals surface area (Å²) in [5.41, 5.74) is 4.08.